The molecule has 3 heteroatoms. The summed E-state index contributed by atoms with van der Waals surface area (Å²) >= 11 is 0. The van der Waals surface area contributed by atoms with Crippen molar-refractivity contribution >= 4 is 5.71 Å². The van der Waals surface area contributed by atoms with E-state index in [1.165, 1.54) is 6.07 Å². The van der Waals surface area contributed by atoms with E-state index in [0.717, 1.165) is 28.7 Å². The monoisotopic (exact) mass is 295 g/mol. The maximum absolute atomic E-state index is 10.00. The summed E-state index contributed by atoms with van der Waals surface area (Å²) in [5.74, 6) is -0.245. The fourth-order valence-corrected chi connectivity index (χ4v) is 2.38. The molecule has 0 radical (unpaired) electrons. The van der Waals surface area contributed by atoms with Crippen LogP contribution in [0, 0.1) is 12.3 Å². The minimum Gasteiger partial charge on any atom is -0.504 e. The molecule has 2 aromatic carbocycles. The highest BCUT2D eigenvalue weighted by Crippen LogP contribution is 2.37. The van der Waals surface area contributed by atoms with Gasteiger partial charge in [0.15, 0.2) is 11.5 Å². The lowest BCUT2D eigenvalue weighted by molar-refractivity contribution is 0.405. The number of phenols is 2. The van der Waals surface area contributed by atoms with Gasteiger partial charge in [-0.25, -0.2) is 0 Å². The fraction of sp³-hybridized carbons (Fsp3) is 0.211. The lowest BCUT2D eigenvalue weighted by atomic mass is 9.95. The first-order valence-electron chi connectivity index (χ1n) is 7.24. The van der Waals surface area contributed by atoms with E-state index in [4.69, 9.17) is 5.41 Å². The molecule has 0 heterocycles. The van der Waals surface area contributed by atoms with Crippen molar-refractivity contribution in [3.05, 3.63) is 59.7 Å². The Hall–Kier alpha value is -2.55. The van der Waals surface area contributed by atoms with E-state index < -0.39 is 0 Å². The van der Waals surface area contributed by atoms with E-state index in [1.54, 1.807) is 12.1 Å². The van der Waals surface area contributed by atoms with Crippen LogP contribution >= 0.6 is 0 Å². The summed E-state index contributed by atoms with van der Waals surface area (Å²) in [7, 11) is 0. The first-order valence-corrected chi connectivity index (χ1v) is 7.24. The van der Waals surface area contributed by atoms with Gasteiger partial charge in [0.1, 0.15) is 0 Å². The van der Waals surface area contributed by atoms with Crippen LogP contribution in [0.25, 0.3) is 11.1 Å². The molecule has 0 amide bonds. The molecule has 0 bridgehead atoms. The van der Waals surface area contributed by atoms with Crippen molar-refractivity contribution in [2.45, 2.75) is 26.7 Å². The van der Waals surface area contributed by atoms with Gasteiger partial charge in [-0.05, 0) is 55.5 Å². The van der Waals surface area contributed by atoms with Crippen LogP contribution in [-0.4, -0.2) is 15.9 Å². The molecule has 0 aliphatic carbocycles. The van der Waals surface area contributed by atoms with E-state index >= 15 is 0 Å². The second kappa shape index (κ2) is 6.48. The van der Waals surface area contributed by atoms with Gasteiger partial charge < -0.3 is 15.6 Å². The second-order valence-corrected chi connectivity index (χ2v) is 5.64. The van der Waals surface area contributed by atoms with E-state index in [-0.39, 0.29) is 11.5 Å². The van der Waals surface area contributed by atoms with Crippen molar-refractivity contribution < 1.29 is 10.2 Å². The molecule has 0 saturated carbocycles. The molecule has 3 nitrogen and oxygen atoms in total. The van der Waals surface area contributed by atoms with Crippen LogP contribution in [0.3, 0.4) is 0 Å². The highest BCUT2D eigenvalue weighted by molar-refractivity contribution is 5.99. The smallest absolute Gasteiger partial charge is 0.165 e. The van der Waals surface area contributed by atoms with Gasteiger partial charge in [0.25, 0.3) is 0 Å². The maximum Gasteiger partial charge on any atom is 0.165 e. The normalized spacial score (nSPS) is 10.5. The van der Waals surface area contributed by atoms with Crippen LogP contribution in [0.2, 0.25) is 0 Å². The average Bonchev–Trinajstić information content (AvgIpc) is 2.48. The van der Waals surface area contributed by atoms with Crippen LogP contribution in [0.5, 0.6) is 11.5 Å². The molecule has 0 fully saturated rings. The summed E-state index contributed by atoms with van der Waals surface area (Å²) in [6.45, 7) is 7.77. The Morgan fingerprint density at radius 3 is 2.45 bits per heavy atom. The van der Waals surface area contributed by atoms with Crippen molar-refractivity contribution in [1.29, 1.82) is 5.41 Å². The van der Waals surface area contributed by atoms with Gasteiger partial charge in [-0.15, -0.1) is 6.58 Å². The van der Waals surface area contributed by atoms with Gasteiger partial charge in [-0.1, -0.05) is 29.8 Å². The molecule has 0 aliphatic rings. The molecular formula is C19H21NO2. The molecule has 0 aromatic heterocycles. The number of para-hydroxylation sites is 1. The number of benzene rings is 2. The number of aryl methyl sites for hydroxylation is 1. The van der Waals surface area contributed by atoms with Crippen LogP contribution < -0.4 is 0 Å². The van der Waals surface area contributed by atoms with Gasteiger partial charge in [-0.2, -0.15) is 0 Å². The lowest BCUT2D eigenvalue weighted by Crippen LogP contribution is -2.00. The number of hydrogen-bond acceptors (Lipinski definition) is 3. The molecule has 0 saturated heterocycles. The molecule has 2 aromatic rings. The van der Waals surface area contributed by atoms with E-state index in [2.05, 4.69) is 6.58 Å². The Bertz CT molecular complexity index is 732. The maximum atomic E-state index is 10.00. The SMILES string of the molecule is C=C(C)CCC(=N)c1ccc(-c2cccc(O)c2O)c(C)c1. The van der Waals surface area contributed by atoms with Crippen LogP contribution in [0.15, 0.2) is 48.6 Å². The van der Waals surface area contributed by atoms with Gasteiger partial charge in [-0.3, -0.25) is 0 Å². The third-order valence-electron chi connectivity index (χ3n) is 3.68. The quantitative estimate of drug-likeness (QED) is 0.421. The summed E-state index contributed by atoms with van der Waals surface area (Å²) in [5.41, 5.74) is 4.93. The Balaban J connectivity index is 2.32. The Morgan fingerprint density at radius 2 is 1.82 bits per heavy atom. The Labute approximate surface area is 131 Å². The minimum absolute atomic E-state index is 0.115. The molecule has 114 valence electrons. The molecule has 0 aliphatic heterocycles. The molecule has 0 unspecified atom stereocenters. The topological polar surface area (TPSA) is 64.3 Å². The predicted octanol–water partition coefficient (Wildman–Crippen LogP) is 4.80. The first kappa shape index (κ1) is 15.8. The summed E-state index contributed by atoms with van der Waals surface area (Å²) < 4.78 is 0. The summed E-state index contributed by atoms with van der Waals surface area (Å²) in [5, 5.41) is 27.8. The molecular weight excluding hydrogens is 274 g/mol. The van der Waals surface area contributed by atoms with Crippen molar-refractivity contribution in [2.24, 2.45) is 0 Å². The number of allylic oxidation sites excluding steroid dienone is 1. The van der Waals surface area contributed by atoms with Crippen LogP contribution in [-0.2, 0) is 0 Å². The average molecular weight is 295 g/mol. The number of rotatable bonds is 5. The number of nitrogens with one attached hydrogen (secondary N) is 1. The minimum atomic E-state index is -0.129. The van der Waals surface area contributed by atoms with E-state index in [0.29, 0.717) is 17.7 Å². The zero-order valence-corrected chi connectivity index (χ0v) is 13.0. The third kappa shape index (κ3) is 3.37. The molecule has 22 heavy (non-hydrogen) atoms. The van der Waals surface area contributed by atoms with Gasteiger partial charge in [0, 0.05) is 11.3 Å². The molecule has 0 spiro atoms. The molecule has 2 rings (SSSR count). The second-order valence-electron chi connectivity index (χ2n) is 5.64. The largest absolute Gasteiger partial charge is 0.504 e. The molecule has 3 N–H and O–H groups in total. The zero-order chi connectivity index (χ0) is 16.3. The fourth-order valence-electron chi connectivity index (χ4n) is 2.38. The number of aromatic hydroxyl groups is 2. The number of hydrogen-bond donors (Lipinski definition) is 3. The van der Waals surface area contributed by atoms with Crippen molar-refractivity contribution in [1.82, 2.24) is 0 Å². The summed E-state index contributed by atoms with van der Waals surface area (Å²) in [6.07, 6.45) is 1.48. The summed E-state index contributed by atoms with van der Waals surface area (Å²) in [4.78, 5) is 0. The van der Waals surface area contributed by atoms with Gasteiger partial charge in [0.05, 0.1) is 0 Å². The predicted molar refractivity (Wildman–Crippen MR) is 90.8 cm³/mol. The van der Waals surface area contributed by atoms with Gasteiger partial charge in [0.2, 0.25) is 0 Å². The highest BCUT2D eigenvalue weighted by Gasteiger charge is 2.11. The molecule has 0 atom stereocenters. The van der Waals surface area contributed by atoms with Crippen molar-refractivity contribution in [3.63, 3.8) is 0 Å². The lowest BCUT2D eigenvalue weighted by Gasteiger charge is -2.12. The zero-order valence-electron chi connectivity index (χ0n) is 13.0. The number of phenolic OH excluding ortho intramolecular Hbond substituents is 2. The van der Waals surface area contributed by atoms with Crippen LogP contribution in [0.1, 0.15) is 30.9 Å². The Morgan fingerprint density at radius 1 is 1.09 bits per heavy atom. The first-order chi connectivity index (χ1) is 10.4. The highest BCUT2D eigenvalue weighted by atomic mass is 16.3. The summed E-state index contributed by atoms with van der Waals surface area (Å²) in [6, 6.07) is 10.6. The van der Waals surface area contributed by atoms with Crippen LogP contribution in [0.4, 0.5) is 0 Å². The van der Waals surface area contributed by atoms with Crippen molar-refractivity contribution in [2.75, 3.05) is 0 Å². The van der Waals surface area contributed by atoms with Gasteiger partial charge >= 0.3 is 0 Å². The standard InChI is InChI=1S/C19H21NO2/c1-12(2)7-10-17(20)14-8-9-15(13(3)11-14)16-5-4-6-18(21)19(16)22/h4-6,8-9,11,20-22H,1,7,10H2,2-3H3. The third-order valence-corrected chi connectivity index (χ3v) is 3.68. The van der Waals surface area contributed by atoms with E-state index in [1.807, 2.05) is 32.0 Å². The Kier molecular flexibility index (Phi) is 4.66. The van der Waals surface area contributed by atoms with Crippen molar-refractivity contribution in [3.8, 4) is 22.6 Å². The van der Waals surface area contributed by atoms with E-state index in [9.17, 15) is 10.2 Å².